The number of anilines is 1. The van der Waals surface area contributed by atoms with Crippen LogP contribution in [0.4, 0.5) is 5.69 Å². The second-order valence-electron chi connectivity index (χ2n) is 3.57. The van der Waals surface area contributed by atoms with Gasteiger partial charge in [0.15, 0.2) is 5.78 Å². The molecular weight excluding hydrogens is 222 g/mol. The number of thiocarbonyl (C=S) groups is 1. The standard InChI is InChI=1S/C12H11NO2S/c14-9-6-7-10(15)11(9)12(16)13-8-4-2-1-3-5-8/h1-5,14H,6-7H2,(H,13,16). The minimum Gasteiger partial charge on any atom is -0.511 e. The largest absolute Gasteiger partial charge is 0.511 e. The Morgan fingerprint density at radius 1 is 1.25 bits per heavy atom. The van der Waals surface area contributed by atoms with Crippen LogP contribution in [0.1, 0.15) is 12.8 Å². The quantitative estimate of drug-likeness (QED) is 0.771. The zero-order chi connectivity index (χ0) is 11.5. The molecule has 0 radical (unpaired) electrons. The number of allylic oxidation sites excluding steroid dienone is 1. The lowest BCUT2D eigenvalue weighted by Gasteiger charge is -2.07. The number of hydrogen-bond acceptors (Lipinski definition) is 3. The molecule has 2 N–H and O–H groups in total. The van der Waals surface area contributed by atoms with Gasteiger partial charge in [-0.3, -0.25) is 4.79 Å². The molecule has 0 amide bonds. The van der Waals surface area contributed by atoms with Crippen LogP contribution in [-0.2, 0) is 4.79 Å². The molecule has 0 bridgehead atoms. The van der Waals surface area contributed by atoms with Crippen LogP contribution < -0.4 is 5.32 Å². The molecule has 1 aliphatic rings. The van der Waals surface area contributed by atoms with Crippen molar-refractivity contribution in [1.29, 1.82) is 0 Å². The van der Waals surface area contributed by atoms with Gasteiger partial charge < -0.3 is 10.4 Å². The second kappa shape index (κ2) is 4.45. The average molecular weight is 233 g/mol. The van der Waals surface area contributed by atoms with E-state index in [-0.39, 0.29) is 17.1 Å². The second-order valence-corrected chi connectivity index (χ2v) is 3.97. The van der Waals surface area contributed by atoms with Crippen molar-refractivity contribution in [2.75, 3.05) is 5.32 Å². The van der Waals surface area contributed by atoms with Crippen LogP contribution in [0.5, 0.6) is 0 Å². The zero-order valence-electron chi connectivity index (χ0n) is 8.56. The molecule has 0 unspecified atom stereocenters. The highest BCUT2D eigenvalue weighted by atomic mass is 32.1. The van der Waals surface area contributed by atoms with Crippen LogP contribution in [-0.4, -0.2) is 15.9 Å². The van der Waals surface area contributed by atoms with E-state index in [1.54, 1.807) is 0 Å². The molecule has 0 saturated carbocycles. The van der Waals surface area contributed by atoms with Crippen molar-refractivity contribution in [2.45, 2.75) is 12.8 Å². The Morgan fingerprint density at radius 3 is 2.50 bits per heavy atom. The van der Waals surface area contributed by atoms with Crippen molar-refractivity contribution in [3.63, 3.8) is 0 Å². The first-order valence-corrected chi connectivity index (χ1v) is 5.41. The molecule has 0 aromatic heterocycles. The number of carbonyl (C=O) groups is 1. The SMILES string of the molecule is O=C1CCC(O)=C1C(=S)Nc1ccccc1. The van der Waals surface area contributed by atoms with Gasteiger partial charge in [-0.05, 0) is 12.1 Å². The summed E-state index contributed by atoms with van der Waals surface area (Å²) in [5, 5.41) is 12.5. The van der Waals surface area contributed by atoms with Crippen molar-refractivity contribution in [3.05, 3.63) is 41.7 Å². The number of nitrogens with one attached hydrogen (secondary N) is 1. The maximum atomic E-state index is 11.5. The van der Waals surface area contributed by atoms with Crippen molar-refractivity contribution in [2.24, 2.45) is 0 Å². The Morgan fingerprint density at radius 2 is 1.94 bits per heavy atom. The van der Waals surface area contributed by atoms with Gasteiger partial charge in [-0.1, -0.05) is 30.4 Å². The molecule has 0 saturated heterocycles. The highest BCUT2D eigenvalue weighted by molar-refractivity contribution is 7.81. The first-order valence-electron chi connectivity index (χ1n) is 5.00. The Labute approximate surface area is 98.8 Å². The molecular formula is C12H11NO2S. The van der Waals surface area contributed by atoms with Gasteiger partial charge in [0, 0.05) is 18.5 Å². The van der Waals surface area contributed by atoms with E-state index >= 15 is 0 Å². The first kappa shape index (κ1) is 10.8. The number of hydrogen-bond donors (Lipinski definition) is 2. The van der Waals surface area contributed by atoms with Gasteiger partial charge >= 0.3 is 0 Å². The number of aliphatic hydroxyl groups is 1. The number of benzene rings is 1. The highest BCUT2D eigenvalue weighted by Crippen LogP contribution is 2.22. The molecule has 4 heteroatoms. The van der Waals surface area contributed by atoms with E-state index in [9.17, 15) is 9.90 Å². The summed E-state index contributed by atoms with van der Waals surface area (Å²) in [4.78, 5) is 11.8. The Hall–Kier alpha value is -1.68. The van der Waals surface area contributed by atoms with E-state index < -0.39 is 0 Å². The number of rotatable bonds is 2. The molecule has 0 aliphatic heterocycles. The van der Waals surface area contributed by atoms with E-state index in [0.717, 1.165) is 5.69 Å². The fourth-order valence-corrected chi connectivity index (χ4v) is 1.97. The number of ketones is 1. The van der Waals surface area contributed by atoms with Crippen LogP contribution in [0.3, 0.4) is 0 Å². The third-order valence-corrected chi connectivity index (χ3v) is 2.72. The lowest BCUT2D eigenvalue weighted by Crippen LogP contribution is -2.16. The Bertz CT molecular complexity index is 465. The Kier molecular flexibility index (Phi) is 3.01. The van der Waals surface area contributed by atoms with Crippen molar-refractivity contribution in [1.82, 2.24) is 0 Å². The lowest BCUT2D eigenvalue weighted by atomic mass is 10.2. The van der Waals surface area contributed by atoms with Crippen LogP contribution >= 0.6 is 12.2 Å². The molecule has 0 heterocycles. The topological polar surface area (TPSA) is 49.3 Å². The molecule has 82 valence electrons. The van der Waals surface area contributed by atoms with Gasteiger partial charge in [0.2, 0.25) is 0 Å². The van der Waals surface area contributed by atoms with E-state index in [2.05, 4.69) is 5.32 Å². The van der Waals surface area contributed by atoms with Gasteiger partial charge in [-0.25, -0.2) is 0 Å². The number of para-hydroxylation sites is 1. The third kappa shape index (κ3) is 2.12. The summed E-state index contributed by atoms with van der Waals surface area (Å²) in [7, 11) is 0. The molecule has 3 nitrogen and oxygen atoms in total. The van der Waals surface area contributed by atoms with Gasteiger partial charge in [-0.15, -0.1) is 0 Å². The van der Waals surface area contributed by atoms with Gasteiger partial charge in [-0.2, -0.15) is 0 Å². The smallest absolute Gasteiger partial charge is 0.169 e. The first-order chi connectivity index (χ1) is 7.68. The molecule has 16 heavy (non-hydrogen) atoms. The summed E-state index contributed by atoms with van der Waals surface area (Å²) < 4.78 is 0. The monoisotopic (exact) mass is 233 g/mol. The number of carbonyl (C=O) groups excluding carboxylic acids is 1. The number of aliphatic hydroxyl groups excluding tert-OH is 1. The summed E-state index contributed by atoms with van der Waals surface area (Å²) in [5.74, 6) is 0.00404. The summed E-state index contributed by atoms with van der Waals surface area (Å²) in [5.41, 5.74) is 1.08. The summed E-state index contributed by atoms with van der Waals surface area (Å²) >= 11 is 5.10. The maximum absolute atomic E-state index is 11.5. The fraction of sp³-hybridized carbons (Fsp3) is 0.167. The highest BCUT2D eigenvalue weighted by Gasteiger charge is 2.25. The zero-order valence-corrected chi connectivity index (χ0v) is 9.38. The van der Waals surface area contributed by atoms with Crippen molar-refractivity contribution in [3.8, 4) is 0 Å². The normalized spacial score (nSPS) is 15.4. The average Bonchev–Trinajstić information content (AvgIpc) is 2.60. The van der Waals surface area contributed by atoms with E-state index in [4.69, 9.17) is 12.2 Å². The molecule has 1 aromatic rings. The molecule has 1 aromatic carbocycles. The molecule has 2 rings (SSSR count). The van der Waals surface area contributed by atoms with Gasteiger partial charge in [0.1, 0.15) is 10.7 Å². The van der Waals surface area contributed by atoms with Crippen molar-refractivity contribution >= 4 is 28.7 Å². The van der Waals surface area contributed by atoms with Crippen LogP contribution in [0.2, 0.25) is 0 Å². The van der Waals surface area contributed by atoms with Gasteiger partial charge in [0.25, 0.3) is 0 Å². The van der Waals surface area contributed by atoms with Gasteiger partial charge in [0.05, 0.1) is 5.57 Å². The molecule has 1 aliphatic carbocycles. The summed E-state index contributed by atoms with van der Waals surface area (Å²) in [6, 6.07) is 9.34. The molecule has 0 atom stereocenters. The lowest BCUT2D eigenvalue weighted by molar-refractivity contribution is -0.114. The third-order valence-electron chi connectivity index (χ3n) is 2.42. The van der Waals surface area contributed by atoms with Crippen LogP contribution in [0, 0.1) is 0 Å². The number of Topliss-reactive ketones (excluding diaryl/α,β-unsaturated/α-hetero) is 1. The predicted molar refractivity (Wildman–Crippen MR) is 66.6 cm³/mol. The van der Waals surface area contributed by atoms with E-state index in [0.29, 0.717) is 17.8 Å². The summed E-state index contributed by atoms with van der Waals surface area (Å²) in [6.07, 6.45) is 0.739. The minimum atomic E-state index is -0.0917. The van der Waals surface area contributed by atoms with Crippen LogP contribution in [0.25, 0.3) is 0 Å². The summed E-state index contributed by atoms with van der Waals surface area (Å²) in [6.45, 7) is 0. The Balaban J connectivity index is 2.16. The minimum absolute atomic E-state index is 0.0917. The fourth-order valence-electron chi connectivity index (χ4n) is 1.62. The molecule has 0 spiro atoms. The molecule has 0 fully saturated rings. The maximum Gasteiger partial charge on any atom is 0.169 e. The van der Waals surface area contributed by atoms with E-state index in [1.807, 2.05) is 30.3 Å². The van der Waals surface area contributed by atoms with Crippen LogP contribution in [0.15, 0.2) is 41.7 Å². The van der Waals surface area contributed by atoms with E-state index in [1.165, 1.54) is 0 Å². The van der Waals surface area contributed by atoms with Crippen molar-refractivity contribution < 1.29 is 9.90 Å². The predicted octanol–water partition coefficient (Wildman–Crippen LogP) is 2.60.